The predicted octanol–water partition coefficient (Wildman–Crippen LogP) is 4.15. The van der Waals surface area contributed by atoms with Gasteiger partial charge in [0.1, 0.15) is 6.54 Å². The summed E-state index contributed by atoms with van der Waals surface area (Å²) in [5, 5.41) is 3.55. The zero-order chi connectivity index (χ0) is 20.6. The lowest BCUT2D eigenvalue weighted by atomic mass is 9.95. The maximum absolute atomic E-state index is 13.3. The Morgan fingerprint density at radius 2 is 1.76 bits per heavy atom. The summed E-state index contributed by atoms with van der Waals surface area (Å²) in [5.41, 5.74) is 1.48. The number of amides is 1. The zero-order valence-corrected chi connectivity index (χ0v) is 17.9. The van der Waals surface area contributed by atoms with Crippen molar-refractivity contribution in [3.8, 4) is 0 Å². The van der Waals surface area contributed by atoms with Crippen molar-refractivity contribution in [3.05, 3.63) is 59.1 Å². The number of hydrogen-bond donors (Lipinski definition) is 1. The van der Waals surface area contributed by atoms with E-state index >= 15 is 0 Å². The number of nitrogens with one attached hydrogen (secondary N) is 1. The van der Waals surface area contributed by atoms with Crippen LogP contribution in [0.4, 0.5) is 5.69 Å². The second kappa shape index (κ2) is 8.00. The standard InChI is InChI=1S/C22H25ClN2O3S/c1-15-2-8-19(9-3-15)25(29(27,28)20-10-6-18(23)7-11-20)14-22(26)24-21-13-16-4-5-17(21)12-16/h2-3,6-11,16-17,21H,4-5,12-14H2,1H3,(H,24,26). The summed E-state index contributed by atoms with van der Waals surface area (Å²) in [6, 6.07) is 13.3. The van der Waals surface area contributed by atoms with E-state index in [-0.39, 0.29) is 23.4 Å². The van der Waals surface area contributed by atoms with Gasteiger partial charge < -0.3 is 5.32 Å². The molecule has 7 heteroatoms. The molecule has 0 saturated heterocycles. The number of rotatable bonds is 6. The molecule has 5 nitrogen and oxygen atoms in total. The van der Waals surface area contributed by atoms with Crippen LogP contribution in [-0.2, 0) is 14.8 Å². The number of sulfonamides is 1. The van der Waals surface area contributed by atoms with Gasteiger partial charge in [-0.25, -0.2) is 8.42 Å². The van der Waals surface area contributed by atoms with Gasteiger partial charge in [-0.05, 0) is 74.4 Å². The second-order valence-corrected chi connectivity index (χ2v) is 10.4. The SMILES string of the molecule is Cc1ccc(N(CC(=O)NC2CC3CCC2C3)S(=O)(=O)c2ccc(Cl)cc2)cc1. The Morgan fingerprint density at radius 1 is 1.07 bits per heavy atom. The molecule has 0 aromatic heterocycles. The van der Waals surface area contributed by atoms with Crippen molar-refractivity contribution in [2.24, 2.45) is 11.8 Å². The van der Waals surface area contributed by atoms with Crippen LogP contribution in [0.3, 0.4) is 0 Å². The molecule has 3 atom stereocenters. The molecule has 0 radical (unpaired) electrons. The Morgan fingerprint density at radius 3 is 2.34 bits per heavy atom. The maximum atomic E-state index is 13.3. The van der Waals surface area contributed by atoms with Crippen LogP contribution in [0.25, 0.3) is 0 Å². The number of aryl methyl sites for hydroxylation is 1. The van der Waals surface area contributed by atoms with Crippen molar-refractivity contribution < 1.29 is 13.2 Å². The number of fused-ring (bicyclic) bond motifs is 2. The molecule has 29 heavy (non-hydrogen) atoms. The largest absolute Gasteiger partial charge is 0.352 e. The Kier molecular flexibility index (Phi) is 5.58. The average molecular weight is 433 g/mol. The van der Waals surface area contributed by atoms with E-state index in [2.05, 4.69) is 5.32 Å². The summed E-state index contributed by atoms with van der Waals surface area (Å²) in [6.45, 7) is 1.69. The van der Waals surface area contributed by atoms with Gasteiger partial charge in [0.05, 0.1) is 10.6 Å². The lowest BCUT2D eigenvalue weighted by molar-refractivity contribution is -0.120. The van der Waals surface area contributed by atoms with Crippen molar-refractivity contribution in [1.82, 2.24) is 5.32 Å². The normalized spacial score (nSPS) is 23.2. The third-order valence-corrected chi connectivity index (χ3v) is 8.14. The van der Waals surface area contributed by atoms with Gasteiger partial charge in [-0.1, -0.05) is 35.7 Å². The minimum atomic E-state index is -3.91. The van der Waals surface area contributed by atoms with Gasteiger partial charge in [0, 0.05) is 11.1 Å². The van der Waals surface area contributed by atoms with Crippen molar-refractivity contribution in [2.45, 2.75) is 43.5 Å². The molecule has 2 aliphatic rings. The molecule has 1 N–H and O–H groups in total. The first-order chi connectivity index (χ1) is 13.8. The Bertz CT molecular complexity index is 990. The van der Waals surface area contributed by atoms with E-state index in [1.165, 1.54) is 41.4 Å². The highest BCUT2D eigenvalue weighted by molar-refractivity contribution is 7.92. The van der Waals surface area contributed by atoms with Crippen molar-refractivity contribution in [2.75, 3.05) is 10.8 Å². The third kappa shape index (κ3) is 4.28. The third-order valence-electron chi connectivity index (χ3n) is 6.10. The van der Waals surface area contributed by atoms with E-state index in [4.69, 9.17) is 11.6 Å². The van der Waals surface area contributed by atoms with Crippen LogP contribution in [0, 0.1) is 18.8 Å². The molecule has 3 unspecified atom stereocenters. The monoisotopic (exact) mass is 432 g/mol. The molecule has 0 spiro atoms. The highest BCUT2D eigenvalue weighted by Gasteiger charge is 2.40. The number of anilines is 1. The predicted molar refractivity (Wildman–Crippen MR) is 115 cm³/mol. The second-order valence-electron chi connectivity index (χ2n) is 8.15. The summed E-state index contributed by atoms with van der Waals surface area (Å²) in [5.74, 6) is 0.974. The molecule has 2 saturated carbocycles. The van der Waals surface area contributed by atoms with Crippen LogP contribution in [0.15, 0.2) is 53.4 Å². The number of carbonyl (C=O) groups is 1. The van der Waals surface area contributed by atoms with Crippen molar-refractivity contribution in [3.63, 3.8) is 0 Å². The molecule has 0 heterocycles. The first-order valence-corrected chi connectivity index (χ1v) is 11.8. The lowest BCUT2D eigenvalue weighted by Crippen LogP contribution is -2.46. The quantitative estimate of drug-likeness (QED) is 0.745. The van der Waals surface area contributed by atoms with Crippen LogP contribution >= 0.6 is 11.6 Å². The lowest BCUT2D eigenvalue weighted by Gasteiger charge is -2.27. The van der Waals surface area contributed by atoms with Gasteiger partial charge in [0.25, 0.3) is 10.0 Å². The molecule has 2 aromatic rings. The highest BCUT2D eigenvalue weighted by atomic mass is 35.5. The smallest absolute Gasteiger partial charge is 0.264 e. The first-order valence-electron chi connectivity index (χ1n) is 9.97. The fourth-order valence-electron chi connectivity index (χ4n) is 4.56. The summed E-state index contributed by atoms with van der Waals surface area (Å²) >= 11 is 5.91. The molecular weight excluding hydrogens is 408 g/mol. The van der Waals surface area contributed by atoms with E-state index in [0.717, 1.165) is 18.4 Å². The van der Waals surface area contributed by atoms with Crippen molar-refractivity contribution in [1.29, 1.82) is 0 Å². The number of carbonyl (C=O) groups excluding carboxylic acids is 1. The Labute approximate surface area is 177 Å². The van der Waals surface area contributed by atoms with Gasteiger partial charge in [0.15, 0.2) is 0 Å². The van der Waals surface area contributed by atoms with Crippen molar-refractivity contribution >= 4 is 33.2 Å². The zero-order valence-electron chi connectivity index (χ0n) is 16.3. The van der Waals surface area contributed by atoms with E-state index in [1.54, 1.807) is 12.1 Å². The summed E-state index contributed by atoms with van der Waals surface area (Å²) < 4.78 is 27.8. The highest BCUT2D eigenvalue weighted by Crippen LogP contribution is 2.44. The number of hydrogen-bond acceptors (Lipinski definition) is 3. The minimum absolute atomic E-state index is 0.107. The van der Waals surface area contributed by atoms with Crippen LogP contribution in [0.1, 0.15) is 31.2 Å². The fourth-order valence-corrected chi connectivity index (χ4v) is 6.11. The van der Waals surface area contributed by atoms with Gasteiger partial charge >= 0.3 is 0 Å². The Balaban J connectivity index is 1.59. The van der Waals surface area contributed by atoms with Crippen LogP contribution < -0.4 is 9.62 Å². The topological polar surface area (TPSA) is 66.5 Å². The number of benzene rings is 2. The van der Waals surface area contributed by atoms with E-state index in [0.29, 0.717) is 22.5 Å². The van der Waals surface area contributed by atoms with Crippen LogP contribution in [0.5, 0.6) is 0 Å². The molecule has 1 amide bonds. The number of halogens is 1. The van der Waals surface area contributed by atoms with Gasteiger partial charge in [-0.2, -0.15) is 0 Å². The Hall–Kier alpha value is -2.05. The van der Waals surface area contributed by atoms with E-state index in [9.17, 15) is 13.2 Å². The molecule has 4 rings (SSSR count). The molecule has 154 valence electrons. The summed E-state index contributed by atoms with van der Waals surface area (Å²) in [6.07, 6.45) is 4.58. The molecule has 2 bridgehead atoms. The van der Waals surface area contributed by atoms with E-state index in [1.807, 2.05) is 19.1 Å². The number of nitrogens with zero attached hydrogens (tertiary/aromatic N) is 1. The average Bonchev–Trinajstić information content (AvgIpc) is 3.30. The maximum Gasteiger partial charge on any atom is 0.264 e. The van der Waals surface area contributed by atoms with Gasteiger partial charge in [-0.15, -0.1) is 0 Å². The first kappa shape index (κ1) is 20.2. The molecule has 2 fully saturated rings. The van der Waals surface area contributed by atoms with E-state index < -0.39 is 10.0 Å². The summed E-state index contributed by atoms with van der Waals surface area (Å²) in [7, 11) is -3.91. The van der Waals surface area contributed by atoms with Crippen LogP contribution in [-0.4, -0.2) is 26.9 Å². The molecule has 2 aromatic carbocycles. The van der Waals surface area contributed by atoms with Gasteiger partial charge in [0.2, 0.25) is 5.91 Å². The fraction of sp³-hybridized carbons (Fsp3) is 0.409. The van der Waals surface area contributed by atoms with Gasteiger partial charge in [-0.3, -0.25) is 9.10 Å². The van der Waals surface area contributed by atoms with Crippen LogP contribution in [0.2, 0.25) is 5.02 Å². The molecular formula is C22H25ClN2O3S. The minimum Gasteiger partial charge on any atom is -0.352 e. The molecule has 2 aliphatic carbocycles. The molecule has 0 aliphatic heterocycles. The summed E-state index contributed by atoms with van der Waals surface area (Å²) in [4.78, 5) is 12.9.